The highest BCUT2D eigenvalue weighted by Gasteiger charge is 2.39. The number of nitrogens with one attached hydrogen (secondary N) is 2. The van der Waals surface area contributed by atoms with Crippen LogP contribution in [0.4, 0.5) is 17.1 Å². The summed E-state index contributed by atoms with van der Waals surface area (Å²) in [7, 11) is -6.91. The molecular weight excluding hydrogens is 1050 g/mol. The molecule has 4 aromatic rings. The zero-order valence-electron chi connectivity index (χ0n) is 34.0. The lowest BCUT2D eigenvalue weighted by Gasteiger charge is -2.44. The van der Waals surface area contributed by atoms with Crippen LogP contribution in [0.1, 0.15) is 25.7 Å². The number of nitro benzene ring substituents is 3. The zero-order chi connectivity index (χ0) is 48.3. The molecule has 0 saturated carbocycles. The molecule has 6 heterocycles. The van der Waals surface area contributed by atoms with Crippen molar-refractivity contribution in [2.24, 2.45) is 11.8 Å². The fourth-order valence-corrected chi connectivity index (χ4v) is 14.7. The van der Waals surface area contributed by atoms with Crippen molar-refractivity contribution in [2.45, 2.75) is 62.2 Å². The van der Waals surface area contributed by atoms with Crippen molar-refractivity contribution in [3.63, 3.8) is 0 Å². The van der Waals surface area contributed by atoms with Crippen molar-refractivity contribution in [2.75, 3.05) is 39.3 Å². The quantitative estimate of drug-likeness (QED) is 0.0769. The summed E-state index contributed by atoms with van der Waals surface area (Å²) in [5, 5.41) is 33.1. The van der Waals surface area contributed by atoms with Crippen LogP contribution < -0.4 is 9.44 Å². The standard InChI is InChI=1S/C19H19Cl2N3O4S2.C13H16ClN3O4S.C6H3Cl2NO4S/c20-13-7-14(21)9-16(8-13)29-18-2-1-15(24(25)26)10-19(18)30(27,28)22-17-11-23-5-3-12(17)4-6-23;14-11-2-1-10(17(18)19)7-13(11)22(20,21)15-12-8-16-5-3-9(12)4-6-16;7-5-2-1-4(9(10)11)3-6(5)14(8,12)13/h1-2,7-10,12,17,22H,3-6,11H2;1-2,7,9,12,15H,3-6,8H2;1-3H/t17-;12-;/m00./s1. The molecule has 2 atom stereocenters. The van der Waals surface area contributed by atoms with E-state index < -0.39 is 48.8 Å². The Bertz CT molecular complexity index is 2850. The van der Waals surface area contributed by atoms with Crippen molar-refractivity contribution in [1.29, 1.82) is 0 Å². The van der Waals surface area contributed by atoms with E-state index in [4.69, 9.17) is 57.1 Å². The van der Waals surface area contributed by atoms with Gasteiger partial charge in [-0.25, -0.2) is 34.7 Å². The molecule has 6 fully saturated rings. The average molecular weight is 1090 g/mol. The predicted octanol–water partition coefficient (Wildman–Crippen LogP) is 8.22. The topological polar surface area (TPSA) is 262 Å². The summed E-state index contributed by atoms with van der Waals surface area (Å²) in [6, 6.07) is 14.8. The first-order valence-corrected chi connectivity index (χ1v) is 27.2. The minimum Gasteiger partial charge on any atom is -0.302 e. The molecule has 10 rings (SSSR count). The van der Waals surface area contributed by atoms with Crippen LogP contribution in [0.25, 0.3) is 0 Å². The first-order valence-electron chi connectivity index (χ1n) is 19.6. The lowest BCUT2D eigenvalue weighted by Crippen LogP contribution is -2.57. The van der Waals surface area contributed by atoms with Gasteiger partial charge < -0.3 is 9.80 Å². The van der Waals surface area contributed by atoms with Crippen LogP contribution in [0.2, 0.25) is 20.1 Å². The van der Waals surface area contributed by atoms with Crippen LogP contribution in [0.5, 0.6) is 0 Å². The Morgan fingerprint density at radius 3 is 1.32 bits per heavy atom. The Labute approximate surface area is 408 Å². The maximum absolute atomic E-state index is 13.3. The van der Waals surface area contributed by atoms with Crippen LogP contribution in [0.15, 0.2) is 97.3 Å². The molecule has 356 valence electrons. The van der Waals surface area contributed by atoms with Crippen LogP contribution in [-0.4, -0.2) is 101 Å². The smallest absolute Gasteiger partial charge is 0.270 e. The van der Waals surface area contributed by atoms with Crippen molar-refractivity contribution in [1.82, 2.24) is 19.2 Å². The van der Waals surface area contributed by atoms with Gasteiger partial charge in [-0.1, -0.05) is 58.2 Å². The fraction of sp³-hybridized carbons (Fsp3) is 0.368. The molecule has 4 aromatic carbocycles. The number of benzene rings is 4. The number of hydrogen-bond donors (Lipinski definition) is 2. The number of hydrogen-bond acceptors (Lipinski definition) is 15. The van der Waals surface area contributed by atoms with E-state index in [0.717, 1.165) is 94.0 Å². The van der Waals surface area contributed by atoms with Crippen molar-refractivity contribution in [3.05, 3.63) is 123 Å². The molecule has 6 saturated heterocycles. The fourth-order valence-electron chi connectivity index (χ4n) is 7.95. The zero-order valence-corrected chi connectivity index (χ0v) is 41.0. The molecule has 6 aliphatic rings. The van der Waals surface area contributed by atoms with E-state index in [2.05, 4.69) is 19.2 Å². The number of sulfonamides is 2. The normalized spacial score (nSPS) is 22.3. The number of halogens is 5. The molecule has 0 amide bonds. The minimum atomic E-state index is -4.05. The third-order valence-corrected chi connectivity index (χ3v) is 18.1. The summed E-state index contributed by atoms with van der Waals surface area (Å²) >= 11 is 24.7. The van der Waals surface area contributed by atoms with Gasteiger partial charge in [0.1, 0.15) is 14.7 Å². The van der Waals surface area contributed by atoms with Crippen LogP contribution in [-0.2, 0) is 29.1 Å². The summed E-state index contributed by atoms with van der Waals surface area (Å²) in [5.74, 6) is 0.601. The van der Waals surface area contributed by atoms with Gasteiger partial charge in [0.05, 0.1) is 24.8 Å². The van der Waals surface area contributed by atoms with E-state index in [1.807, 2.05) is 0 Å². The van der Waals surface area contributed by atoms with E-state index >= 15 is 0 Å². The maximum Gasteiger partial charge on any atom is 0.270 e. The highest BCUT2D eigenvalue weighted by Crippen LogP contribution is 2.39. The van der Waals surface area contributed by atoms with Crippen molar-refractivity contribution < 1.29 is 40.0 Å². The van der Waals surface area contributed by atoms with E-state index in [-0.39, 0.29) is 54.9 Å². The minimum absolute atomic E-state index is 0.0145. The van der Waals surface area contributed by atoms with Gasteiger partial charge >= 0.3 is 0 Å². The molecular formula is C38H38Cl5N7O12S4. The lowest BCUT2D eigenvalue weighted by atomic mass is 9.85. The SMILES string of the molecule is O=[N+]([O-])c1ccc(Cl)c(S(=O)(=O)Cl)c1.O=[N+]([O-])c1ccc(Cl)c(S(=O)(=O)N[C@H]2CN3CCC2CC3)c1.O=[N+]([O-])c1ccc(Sc2cc(Cl)cc(Cl)c2)c(S(=O)(=O)N[C@H]2CN3CCC2CC3)c1. The van der Waals surface area contributed by atoms with Gasteiger partial charge in [0.15, 0.2) is 0 Å². The van der Waals surface area contributed by atoms with Gasteiger partial charge in [-0.15, -0.1) is 0 Å². The molecule has 19 nitrogen and oxygen atoms in total. The average Bonchev–Trinajstić information content (AvgIpc) is 3.24. The highest BCUT2D eigenvalue weighted by atomic mass is 35.7. The second-order valence-electron chi connectivity index (χ2n) is 15.5. The summed E-state index contributed by atoms with van der Waals surface area (Å²) in [6.45, 7) is 5.30. The Kier molecular flexibility index (Phi) is 16.9. The molecule has 6 aliphatic heterocycles. The number of non-ortho nitro benzene ring substituents is 3. The number of nitrogens with zero attached hydrogens (tertiary/aromatic N) is 5. The molecule has 0 unspecified atom stereocenters. The van der Waals surface area contributed by atoms with Gasteiger partial charge in [0.2, 0.25) is 20.0 Å². The second kappa shape index (κ2) is 21.5. The van der Waals surface area contributed by atoms with E-state index in [0.29, 0.717) is 38.8 Å². The first kappa shape index (κ1) is 52.0. The molecule has 0 radical (unpaired) electrons. The first-order chi connectivity index (χ1) is 30.9. The molecule has 0 spiro atoms. The number of fused-ring (bicyclic) bond motifs is 6. The number of piperidine rings is 6. The number of rotatable bonds is 12. The Morgan fingerprint density at radius 2 is 0.924 bits per heavy atom. The monoisotopic (exact) mass is 1090 g/mol. The number of nitro groups is 3. The predicted molar refractivity (Wildman–Crippen MR) is 249 cm³/mol. The summed E-state index contributed by atoms with van der Waals surface area (Å²) in [6.07, 6.45) is 3.83. The van der Waals surface area contributed by atoms with Gasteiger partial charge in [-0.3, -0.25) is 30.3 Å². The Morgan fingerprint density at radius 1 is 0.545 bits per heavy atom. The van der Waals surface area contributed by atoms with Gasteiger partial charge in [-0.2, -0.15) is 0 Å². The van der Waals surface area contributed by atoms with E-state index in [1.165, 1.54) is 24.3 Å². The Balaban J connectivity index is 0.000000176. The third kappa shape index (κ3) is 13.2. The van der Waals surface area contributed by atoms with Crippen molar-refractivity contribution in [3.8, 4) is 0 Å². The van der Waals surface area contributed by atoms with Gasteiger partial charge in [0, 0.05) is 92.1 Å². The lowest BCUT2D eigenvalue weighted by molar-refractivity contribution is -0.385. The summed E-state index contributed by atoms with van der Waals surface area (Å²) in [4.78, 5) is 35.1. The van der Waals surface area contributed by atoms with Crippen molar-refractivity contribution >= 4 is 115 Å². The van der Waals surface area contributed by atoms with Gasteiger partial charge in [-0.05, 0) is 100 Å². The largest absolute Gasteiger partial charge is 0.302 e. The molecule has 28 heteroatoms. The van der Waals surface area contributed by atoms with Crippen LogP contribution >= 0.6 is 68.8 Å². The molecule has 4 bridgehead atoms. The maximum atomic E-state index is 13.3. The second-order valence-corrected chi connectivity index (χ2v) is 24.2. The third-order valence-electron chi connectivity index (χ3n) is 11.2. The van der Waals surface area contributed by atoms with Crippen LogP contribution in [0.3, 0.4) is 0 Å². The van der Waals surface area contributed by atoms with Crippen LogP contribution in [0, 0.1) is 42.2 Å². The Hall–Kier alpha value is -3.43. The van der Waals surface area contributed by atoms with E-state index in [9.17, 15) is 55.6 Å². The van der Waals surface area contributed by atoms with Gasteiger partial charge in [0.25, 0.3) is 26.1 Å². The molecule has 0 aliphatic carbocycles. The molecule has 2 N–H and O–H groups in total. The highest BCUT2D eigenvalue weighted by molar-refractivity contribution is 8.13. The molecule has 0 aromatic heterocycles. The van der Waals surface area contributed by atoms with E-state index in [1.54, 1.807) is 18.2 Å². The summed E-state index contributed by atoms with van der Waals surface area (Å²) < 4.78 is 78.9. The molecule has 66 heavy (non-hydrogen) atoms. The summed E-state index contributed by atoms with van der Waals surface area (Å²) in [5.41, 5.74) is -0.954.